The lowest BCUT2D eigenvalue weighted by Crippen LogP contribution is -2.50. The second kappa shape index (κ2) is 7.40. The number of benzene rings is 1. The van der Waals surface area contributed by atoms with Gasteiger partial charge in [-0.15, -0.1) is 0 Å². The first kappa shape index (κ1) is 16.4. The first-order valence-electron chi connectivity index (χ1n) is 8.10. The summed E-state index contributed by atoms with van der Waals surface area (Å²) in [6.45, 7) is 4.76. The predicted molar refractivity (Wildman–Crippen MR) is 91.8 cm³/mol. The van der Waals surface area contributed by atoms with Crippen molar-refractivity contribution in [1.29, 1.82) is 0 Å². The Morgan fingerprint density at radius 3 is 2.38 bits per heavy atom. The molecule has 2 heterocycles. The van der Waals surface area contributed by atoms with E-state index in [1.807, 2.05) is 42.2 Å². The second-order valence-corrected chi connectivity index (χ2v) is 5.80. The number of nitrogens with zero attached hydrogens (tertiary/aromatic N) is 4. The zero-order valence-electron chi connectivity index (χ0n) is 14.1. The summed E-state index contributed by atoms with van der Waals surface area (Å²) < 4.78 is 5.45. The summed E-state index contributed by atoms with van der Waals surface area (Å²) in [5.74, 6) is 0.912. The van der Waals surface area contributed by atoms with Crippen molar-refractivity contribution in [2.75, 3.05) is 38.2 Å². The Morgan fingerprint density at radius 1 is 1.08 bits per heavy atom. The van der Waals surface area contributed by atoms with Crippen molar-refractivity contribution in [3.8, 4) is 0 Å². The molecule has 6 heteroatoms. The zero-order chi connectivity index (χ0) is 16.9. The minimum atomic E-state index is -0.545. The fourth-order valence-corrected chi connectivity index (χ4v) is 3.02. The number of hydrogen-bond donors (Lipinski definition) is 0. The molecular weight excluding hydrogens is 304 g/mol. The number of piperazine rings is 1. The molecule has 1 amide bonds. The molecule has 0 saturated carbocycles. The van der Waals surface area contributed by atoms with Crippen molar-refractivity contribution in [2.45, 2.75) is 13.0 Å². The van der Waals surface area contributed by atoms with Crippen LogP contribution < -0.4 is 4.90 Å². The first-order chi connectivity index (χ1) is 11.7. The highest BCUT2D eigenvalue weighted by Crippen LogP contribution is 2.22. The second-order valence-electron chi connectivity index (χ2n) is 5.80. The van der Waals surface area contributed by atoms with Gasteiger partial charge in [-0.05, 0) is 12.5 Å². The summed E-state index contributed by atoms with van der Waals surface area (Å²) >= 11 is 0. The summed E-state index contributed by atoms with van der Waals surface area (Å²) in [5, 5.41) is 0. The average Bonchev–Trinajstić information content (AvgIpc) is 2.64. The average molecular weight is 326 g/mol. The molecule has 1 aromatic heterocycles. The summed E-state index contributed by atoms with van der Waals surface area (Å²) in [7, 11) is 1.58. The highest BCUT2D eigenvalue weighted by atomic mass is 16.5. The molecule has 1 saturated heterocycles. The Kier molecular flexibility index (Phi) is 5.05. The van der Waals surface area contributed by atoms with Crippen molar-refractivity contribution in [2.24, 2.45) is 0 Å². The maximum Gasteiger partial charge on any atom is 0.256 e. The number of methoxy groups -OCH3 is 1. The topological polar surface area (TPSA) is 58.6 Å². The van der Waals surface area contributed by atoms with E-state index in [2.05, 4.69) is 14.9 Å². The van der Waals surface area contributed by atoms with Crippen LogP contribution in [0.25, 0.3) is 0 Å². The Bertz CT molecular complexity index is 684. The quantitative estimate of drug-likeness (QED) is 0.858. The van der Waals surface area contributed by atoms with Crippen molar-refractivity contribution in [3.05, 3.63) is 54.0 Å². The molecule has 6 nitrogen and oxygen atoms in total. The van der Waals surface area contributed by atoms with Gasteiger partial charge in [-0.2, -0.15) is 0 Å². The van der Waals surface area contributed by atoms with E-state index >= 15 is 0 Å². The van der Waals surface area contributed by atoms with E-state index in [4.69, 9.17) is 4.74 Å². The highest BCUT2D eigenvalue weighted by molar-refractivity contribution is 5.82. The molecule has 3 rings (SSSR count). The lowest BCUT2D eigenvalue weighted by Gasteiger charge is -2.37. The Balaban J connectivity index is 1.66. The lowest BCUT2D eigenvalue weighted by molar-refractivity contribution is -0.142. The third kappa shape index (κ3) is 3.38. The summed E-state index contributed by atoms with van der Waals surface area (Å²) in [4.78, 5) is 25.5. The van der Waals surface area contributed by atoms with Crippen molar-refractivity contribution in [1.82, 2.24) is 14.9 Å². The van der Waals surface area contributed by atoms with Crippen LogP contribution in [0, 0.1) is 6.92 Å². The number of aromatic nitrogens is 2. The molecule has 1 aromatic carbocycles. The zero-order valence-corrected chi connectivity index (χ0v) is 14.1. The first-order valence-corrected chi connectivity index (χ1v) is 8.10. The van der Waals surface area contributed by atoms with Crippen molar-refractivity contribution in [3.63, 3.8) is 0 Å². The van der Waals surface area contributed by atoms with Crippen LogP contribution in [-0.4, -0.2) is 54.1 Å². The van der Waals surface area contributed by atoms with E-state index in [0.717, 1.165) is 30.2 Å². The molecule has 0 bridgehead atoms. The number of carbonyl (C=O) groups excluding carboxylic acids is 1. The molecular formula is C18H22N4O2. The standard InChI is InChI=1S/C18H22N4O2/c1-14-17(20-9-8-19-14)21-10-12-22(13-11-21)18(23)16(24-2)15-6-4-3-5-7-15/h3-9,16H,10-13H2,1-2H3. The van der Waals surface area contributed by atoms with Gasteiger partial charge in [0.1, 0.15) is 5.82 Å². The maximum atomic E-state index is 12.8. The van der Waals surface area contributed by atoms with Gasteiger partial charge in [0.15, 0.2) is 6.10 Å². The summed E-state index contributed by atoms with van der Waals surface area (Å²) in [5.41, 5.74) is 1.80. The largest absolute Gasteiger partial charge is 0.367 e. The van der Waals surface area contributed by atoms with E-state index in [-0.39, 0.29) is 5.91 Å². The van der Waals surface area contributed by atoms with Gasteiger partial charge in [-0.25, -0.2) is 4.98 Å². The molecule has 1 aliphatic heterocycles. The van der Waals surface area contributed by atoms with Crippen LogP contribution in [0.1, 0.15) is 17.4 Å². The number of anilines is 1. The number of rotatable bonds is 4. The molecule has 0 N–H and O–H groups in total. The van der Waals surface area contributed by atoms with Crippen LogP contribution in [0.15, 0.2) is 42.7 Å². The van der Waals surface area contributed by atoms with Crippen LogP contribution in [0.4, 0.5) is 5.82 Å². The molecule has 1 fully saturated rings. The van der Waals surface area contributed by atoms with Crippen molar-refractivity contribution < 1.29 is 9.53 Å². The van der Waals surface area contributed by atoms with Gasteiger partial charge in [0.2, 0.25) is 0 Å². The number of aryl methyl sites for hydroxylation is 1. The maximum absolute atomic E-state index is 12.8. The third-order valence-electron chi connectivity index (χ3n) is 4.31. The number of ether oxygens (including phenoxy) is 1. The molecule has 1 atom stereocenters. The Morgan fingerprint density at radius 2 is 1.75 bits per heavy atom. The van der Waals surface area contributed by atoms with E-state index in [9.17, 15) is 4.79 Å². The fourth-order valence-electron chi connectivity index (χ4n) is 3.02. The smallest absolute Gasteiger partial charge is 0.256 e. The van der Waals surface area contributed by atoms with Crippen LogP contribution in [0.2, 0.25) is 0 Å². The van der Waals surface area contributed by atoms with E-state index in [0.29, 0.717) is 13.1 Å². The number of amides is 1. The lowest BCUT2D eigenvalue weighted by atomic mass is 10.1. The molecule has 1 unspecified atom stereocenters. The van der Waals surface area contributed by atoms with Gasteiger partial charge < -0.3 is 14.5 Å². The summed E-state index contributed by atoms with van der Waals surface area (Å²) in [6.07, 6.45) is 2.86. The monoisotopic (exact) mass is 326 g/mol. The van der Waals surface area contributed by atoms with Gasteiger partial charge in [-0.1, -0.05) is 30.3 Å². The Labute approximate surface area is 142 Å². The number of hydrogen-bond acceptors (Lipinski definition) is 5. The highest BCUT2D eigenvalue weighted by Gasteiger charge is 2.29. The van der Waals surface area contributed by atoms with Gasteiger partial charge in [0.05, 0.1) is 5.69 Å². The third-order valence-corrected chi connectivity index (χ3v) is 4.31. The molecule has 0 aliphatic carbocycles. The minimum absolute atomic E-state index is 0.0132. The normalized spacial score (nSPS) is 16.1. The van der Waals surface area contributed by atoms with Gasteiger partial charge in [0, 0.05) is 45.7 Å². The molecule has 0 spiro atoms. The van der Waals surface area contributed by atoms with Gasteiger partial charge >= 0.3 is 0 Å². The molecule has 2 aromatic rings. The van der Waals surface area contributed by atoms with Crippen LogP contribution >= 0.6 is 0 Å². The SMILES string of the molecule is COC(C(=O)N1CCN(c2nccnc2C)CC1)c1ccccc1. The van der Waals surface area contributed by atoms with Crippen LogP contribution in [-0.2, 0) is 9.53 Å². The molecule has 1 aliphatic rings. The van der Waals surface area contributed by atoms with E-state index < -0.39 is 6.10 Å². The summed E-state index contributed by atoms with van der Waals surface area (Å²) in [6, 6.07) is 9.62. The number of carbonyl (C=O) groups is 1. The van der Waals surface area contributed by atoms with Gasteiger partial charge in [-0.3, -0.25) is 9.78 Å². The predicted octanol–water partition coefficient (Wildman–Crippen LogP) is 1.82. The molecule has 24 heavy (non-hydrogen) atoms. The fraction of sp³-hybridized carbons (Fsp3) is 0.389. The molecule has 0 radical (unpaired) electrons. The van der Waals surface area contributed by atoms with E-state index in [1.54, 1.807) is 19.5 Å². The van der Waals surface area contributed by atoms with Crippen molar-refractivity contribution >= 4 is 11.7 Å². The Hall–Kier alpha value is -2.47. The molecule has 126 valence electrons. The van der Waals surface area contributed by atoms with Crippen LogP contribution in [0.5, 0.6) is 0 Å². The van der Waals surface area contributed by atoms with E-state index in [1.165, 1.54) is 0 Å². The minimum Gasteiger partial charge on any atom is -0.367 e. The van der Waals surface area contributed by atoms with Gasteiger partial charge in [0.25, 0.3) is 5.91 Å². The van der Waals surface area contributed by atoms with Crippen LogP contribution in [0.3, 0.4) is 0 Å².